The highest BCUT2D eigenvalue weighted by molar-refractivity contribution is 5.73. The molecule has 1 heterocycles. The zero-order valence-corrected chi connectivity index (χ0v) is 9.87. The number of nitrogens with two attached hydrogens (primary N) is 1. The van der Waals surface area contributed by atoms with E-state index in [0.29, 0.717) is 17.9 Å². The Labute approximate surface area is 99.2 Å². The molecule has 0 saturated carbocycles. The summed E-state index contributed by atoms with van der Waals surface area (Å²) < 4.78 is 13.8. The molecule has 0 fully saturated rings. The summed E-state index contributed by atoms with van der Waals surface area (Å²) in [6, 6.07) is 5.11. The first kappa shape index (κ1) is 11.6. The van der Waals surface area contributed by atoms with E-state index in [1.807, 2.05) is 25.1 Å². The number of nitrogens with one attached hydrogen (secondary N) is 1. The first-order valence-electron chi connectivity index (χ1n) is 5.30. The normalized spacial score (nSPS) is 11.1. The van der Waals surface area contributed by atoms with Gasteiger partial charge in [-0.2, -0.15) is 5.10 Å². The van der Waals surface area contributed by atoms with Gasteiger partial charge in [-0.3, -0.25) is 5.10 Å². The van der Waals surface area contributed by atoms with Crippen LogP contribution >= 0.6 is 0 Å². The van der Waals surface area contributed by atoms with E-state index in [9.17, 15) is 4.39 Å². The molecule has 3 N–H and O–H groups in total. The molecule has 0 bridgehead atoms. The number of nitrogens with zero attached hydrogens (tertiary/aromatic N) is 2. The number of aromatic nitrogens is 2. The number of anilines is 1. The molecule has 0 saturated heterocycles. The number of aromatic amines is 1. The third kappa shape index (κ3) is 2.45. The minimum Gasteiger partial charge on any atom is -0.384 e. The Morgan fingerprint density at radius 2 is 2.18 bits per heavy atom. The van der Waals surface area contributed by atoms with Crippen molar-refractivity contribution in [2.75, 3.05) is 19.8 Å². The quantitative estimate of drug-likeness (QED) is 0.852. The molecule has 1 aromatic carbocycles. The van der Waals surface area contributed by atoms with Crippen LogP contribution in [0.4, 0.5) is 10.2 Å². The van der Waals surface area contributed by atoms with E-state index in [1.54, 1.807) is 12.3 Å². The molecule has 0 aliphatic rings. The van der Waals surface area contributed by atoms with Crippen molar-refractivity contribution < 1.29 is 4.39 Å². The highest BCUT2D eigenvalue weighted by Crippen LogP contribution is 2.25. The maximum Gasteiger partial charge on any atom is 0.128 e. The summed E-state index contributed by atoms with van der Waals surface area (Å²) in [6.45, 7) is 0.576. The van der Waals surface area contributed by atoms with Crippen LogP contribution in [0.2, 0.25) is 0 Å². The average molecular weight is 234 g/mol. The van der Waals surface area contributed by atoms with E-state index < -0.39 is 0 Å². The first-order chi connectivity index (χ1) is 8.08. The van der Waals surface area contributed by atoms with E-state index in [2.05, 4.69) is 10.2 Å². The molecule has 17 heavy (non-hydrogen) atoms. The van der Waals surface area contributed by atoms with Gasteiger partial charge in [0.25, 0.3) is 0 Å². The van der Waals surface area contributed by atoms with Crippen molar-refractivity contribution in [3.8, 4) is 11.1 Å². The van der Waals surface area contributed by atoms with Crippen molar-refractivity contribution in [3.05, 3.63) is 35.8 Å². The minimum atomic E-state index is -0.225. The van der Waals surface area contributed by atoms with Crippen LogP contribution in [0.5, 0.6) is 0 Å². The maximum absolute atomic E-state index is 13.8. The molecule has 0 radical (unpaired) electrons. The van der Waals surface area contributed by atoms with E-state index in [1.165, 1.54) is 6.07 Å². The second-order valence-electron chi connectivity index (χ2n) is 4.24. The predicted octanol–water partition coefficient (Wildman–Crippen LogP) is 1.86. The van der Waals surface area contributed by atoms with E-state index in [4.69, 9.17) is 5.73 Å². The fraction of sp³-hybridized carbons (Fsp3) is 0.250. The number of nitrogen functional groups attached to an aromatic ring is 1. The van der Waals surface area contributed by atoms with Crippen LogP contribution in [0.1, 0.15) is 5.56 Å². The number of H-pyrrole nitrogens is 1. The van der Waals surface area contributed by atoms with E-state index in [0.717, 1.165) is 11.1 Å². The van der Waals surface area contributed by atoms with Crippen LogP contribution in [0.25, 0.3) is 11.1 Å². The fourth-order valence-electron chi connectivity index (χ4n) is 1.71. The molecule has 1 aromatic heterocycles. The predicted molar refractivity (Wildman–Crippen MR) is 65.8 cm³/mol. The largest absolute Gasteiger partial charge is 0.384 e. The van der Waals surface area contributed by atoms with Gasteiger partial charge < -0.3 is 10.6 Å². The molecule has 5 heteroatoms. The van der Waals surface area contributed by atoms with Gasteiger partial charge in [0.2, 0.25) is 0 Å². The number of hydrogen-bond donors (Lipinski definition) is 2. The van der Waals surface area contributed by atoms with Crippen molar-refractivity contribution in [2.45, 2.75) is 6.54 Å². The Morgan fingerprint density at radius 1 is 1.41 bits per heavy atom. The SMILES string of the molecule is CN(C)Cc1ccc(-c2cn[nH]c2N)cc1F. The number of halogens is 1. The molecule has 2 aromatic rings. The number of rotatable bonds is 3. The Hall–Kier alpha value is -1.88. The Kier molecular flexibility index (Phi) is 3.10. The Balaban J connectivity index is 2.34. The van der Waals surface area contributed by atoms with Crippen LogP contribution in [-0.4, -0.2) is 29.2 Å². The maximum atomic E-state index is 13.8. The van der Waals surface area contributed by atoms with E-state index in [-0.39, 0.29) is 5.82 Å². The van der Waals surface area contributed by atoms with Crippen LogP contribution in [0.3, 0.4) is 0 Å². The van der Waals surface area contributed by atoms with Crippen molar-refractivity contribution in [2.24, 2.45) is 0 Å². The molecule has 2 rings (SSSR count). The first-order valence-corrected chi connectivity index (χ1v) is 5.30. The lowest BCUT2D eigenvalue weighted by atomic mass is 10.1. The molecule has 0 atom stereocenters. The summed E-state index contributed by atoms with van der Waals surface area (Å²) >= 11 is 0. The van der Waals surface area contributed by atoms with Crippen LogP contribution < -0.4 is 5.73 Å². The molecule has 90 valence electrons. The highest BCUT2D eigenvalue weighted by Gasteiger charge is 2.09. The zero-order chi connectivity index (χ0) is 12.4. The molecule has 0 aliphatic carbocycles. The highest BCUT2D eigenvalue weighted by atomic mass is 19.1. The average Bonchev–Trinajstić information content (AvgIpc) is 2.67. The third-order valence-corrected chi connectivity index (χ3v) is 2.52. The Bertz CT molecular complexity index is 519. The summed E-state index contributed by atoms with van der Waals surface area (Å²) in [4.78, 5) is 1.92. The van der Waals surface area contributed by atoms with Gasteiger partial charge in [-0.25, -0.2) is 4.39 Å². The summed E-state index contributed by atoms with van der Waals surface area (Å²) in [5.41, 5.74) is 7.82. The van der Waals surface area contributed by atoms with Gasteiger partial charge >= 0.3 is 0 Å². The van der Waals surface area contributed by atoms with Gasteiger partial charge in [0.15, 0.2) is 0 Å². The lowest BCUT2D eigenvalue weighted by Gasteiger charge is -2.11. The molecule has 0 spiro atoms. The monoisotopic (exact) mass is 234 g/mol. The van der Waals surface area contributed by atoms with Crippen molar-refractivity contribution in [3.63, 3.8) is 0 Å². The minimum absolute atomic E-state index is 0.225. The smallest absolute Gasteiger partial charge is 0.128 e. The standard InChI is InChI=1S/C12H15FN4/c1-17(2)7-9-4-3-8(5-11(9)13)10-6-15-16-12(10)14/h3-6H,7H2,1-2H3,(H3,14,15,16). The second-order valence-corrected chi connectivity index (χ2v) is 4.24. The fourth-order valence-corrected chi connectivity index (χ4v) is 1.71. The van der Waals surface area contributed by atoms with E-state index >= 15 is 0 Å². The van der Waals surface area contributed by atoms with Gasteiger partial charge in [-0.15, -0.1) is 0 Å². The summed E-state index contributed by atoms with van der Waals surface area (Å²) in [5.74, 6) is 0.224. The third-order valence-electron chi connectivity index (χ3n) is 2.52. The number of benzene rings is 1. The molecule has 0 aliphatic heterocycles. The lowest BCUT2D eigenvalue weighted by molar-refractivity contribution is 0.392. The Morgan fingerprint density at radius 3 is 2.71 bits per heavy atom. The van der Waals surface area contributed by atoms with Crippen LogP contribution in [0, 0.1) is 5.82 Å². The zero-order valence-electron chi connectivity index (χ0n) is 9.87. The molecule has 0 unspecified atom stereocenters. The van der Waals surface area contributed by atoms with Crippen molar-refractivity contribution >= 4 is 5.82 Å². The van der Waals surface area contributed by atoms with Crippen molar-refractivity contribution in [1.82, 2.24) is 15.1 Å². The van der Waals surface area contributed by atoms with Crippen LogP contribution in [0.15, 0.2) is 24.4 Å². The second kappa shape index (κ2) is 4.55. The molecular formula is C12H15FN4. The molecular weight excluding hydrogens is 219 g/mol. The van der Waals surface area contributed by atoms with Gasteiger partial charge in [-0.05, 0) is 25.7 Å². The van der Waals surface area contributed by atoms with Gasteiger partial charge in [0.05, 0.1) is 6.20 Å². The summed E-state index contributed by atoms with van der Waals surface area (Å²) in [6.07, 6.45) is 1.59. The summed E-state index contributed by atoms with van der Waals surface area (Å²) in [5, 5.41) is 6.45. The van der Waals surface area contributed by atoms with Crippen molar-refractivity contribution in [1.29, 1.82) is 0 Å². The van der Waals surface area contributed by atoms with Gasteiger partial charge in [0.1, 0.15) is 11.6 Å². The molecule has 0 amide bonds. The number of hydrogen-bond acceptors (Lipinski definition) is 3. The topological polar surface area (TPSA) is 57.9 Å². The van der Waals surface area contributed by atoms with Gasteiger partial charge in [-0.1, -0.05) is 12.1 Å². The summed E-state index contributed by atoms with van der Waals surface area (Å²) in [7, 11) is 3.81. The molecule has 4 nitrogen and oxygen atoms in total. The van der Waals surface area contributed by atoms with Crippen LogP contribution in [-0.2, 0) is 6.54 Å². The van der Waals surface area contributed by atoms with Gasteiger partial charge in [0, 0.05) is 17.7 Å². The lowest BCUT2D eigenvalue weighted by Crippen LogP contribution is -2.11.